The van der Waals surface area contributed by atoms with Crippen LogP contribution >= 0.6 is 11.5 Å². The summed E-state index contributed by atoms with van der Waals surface area (Å²) in [5.41, 5.74) is 3.75. The molecule has 0 bridgehead atoms. The van der Waals surface area contributed by atoms with Gasteiger partial charge in [-0.25, -0.2) is 0 Å². The summed E-state index contributed by atoms with van der Waals surface area (Å²) in [5.74, 6) is 0. The zero-order valence-electron chi connectivity index (χ0n) is 15.8. The lowest BCUT2D eigenvalue weighted by atomic mass is 9.89. The van der Waals surface area contributed by atoms with Gasteiger partial charge in [0.15, 0.2) is 0 Å². The second-order valence-electron chi connectivity index (χ2n) is 8.19. The highest BCUT2D eigenvalue weighted by atomic mass is 32.1. The molecule has 0 atom stereocenters. The molecule has 0 aliphatic heterocycles. The molecule has 0 N–H and O–H groups in total. The highest BCUT2D eigenvalue weighted by molar-refractivity contribution is 7.14. The Labute approximate surface area is 163 Å². The molecule has 0 spiro atoms. The van der Waals surface area contributed by atoms with Crippen molar-refractivity contribution in [2.24, 2.45) is 0 Å². The fraction of sp³-hybridized carbons (Fsp3) is 0.160. The van der Waals surface area contributed by atoms with Gasteiger partial charge in [-0.15, -0.1) is 0 Å². The van der Waals surface area contributed by atoms with Crippen LogP contribution in [0.3, 0.4) is 0 Å². The van der Waals surface area contributed by atoms with Crippen molar-refractivity contribution in [1.29, 1.82) is 0 Å². The number of nitrogens with zero attached hydrogens (tertiary/aromatic N) is 1. The van der Waals surface area contributed by atoms with E-state index in [9.17, 15) is 0 Å². The minimum absolute atomic E-state index is 0.0473. The van der Waals surface area contributed by atoms with Crippen molar-refractivity contribution in [2.45, 2.75) is 26.2 Å². The molecule has 0 saturated carbocycles. The summed E-state index contributed by atoms with van der Waals surface area (Å²) in [6.07, 6.45) is 0. The van der Waals surface area contributed by atoms with Gasteiger partial charge in [-0.05, 0) is 44.9 Å². The Hall–Kier alpha value is -2.71. The van der Waals surface area contributed by atoms with Gasteiger partial charge in [0.05, 0.1) is 10.4 Å². The summed E-state index contributed by atoms with van der Waals surface area (Å²) in [5, 5.41) is 6.49. The standard InChI is InChI=1S/C25H21NS/c1-25(2,3)24-20-14-13-18-11-9-17-10-12-19(16-7-5-4-6-8-16)15-21(17)22(18)23(20)27-26-24/h4-15H,1-3H3. The van der Waals surface area contributed by atoms with E-state index in [2.05, 4.69) is 93.6 Å². The van der Waals surface area contributed by atoms with Crippen LogP contribution in [0.1, 0.15) is 26.5 Å². The molecule has 2 heteroatoms. The molecule has 5 rings (SSSR count). The smallest absolute Gasteiger partial charge is 0.0674 e. The van der Waals surface area contributed by atoms with Crippen LogP contribution in [0.5, 0.6) is 0 Å². The minimum atomic E-state index is 0.0473. The molecule has 0 aliphatic rings. The Bertz CT molecular complexity index is 1290. The third-order valence-electron chi connectivity index (χ3n) is 5.26. The van der Waals surface area contributed by atoms with E-state index in [0.717, 1.165) is 0 Å². The first-order valence-corrected chi connectivity index (χ1v) is 10.1. The van der Waals surface area contributed by atoms with E-state index in [-0.39, 0.29) is 5.41 Å². The number of hydrogen-bond acceptors (Lipinski definition) is 2. The van der Waals surface area contributed by atoms with Gasteiger partial charge >= 0.3 is 0 Å². The highest BCUT2D eigenvalue weighted by Crippen LogP contribution is 2.39. The van der Waals surface area contributed by atoms with Gasteiger partial charge in [0.25, 0.3) is 0 Å². The lowest BCUT2D eigenvalue weighted by molar-refractivity contribution is 0.581. The van der Waals surface area contributed by atoms with Gasteiger partial charge in [0, 0.05) is 16.2 Å². The Morgan fingerprint density at radius 3 is 2.19 bits per heavy atom. The van der Waals surface area contributed by atoms with Gasteiger partial charge in [-0.3, -0.25) is 0 Å². The number of benzene rings is 4. The second kappa shape index (κ2) is 5.90. The van der Waals surface area contributed by atoms with E-state index >= 15 is 0 Å². The van der Waals surface area contributed by atoms with Crippen molar-refractivity contribution < 1.29 is 0 Å². The van der Waals surface area contributed by atoms with Crippen molar-refractivity contribution in [1.82, 2.24) is 4.37 Å². The van der Waals surface area contributed by atoms with Crippen LogP contribution in [0.4, 0.5) is 0 Å². The van der Waals surface area contributed by atoms with Crippen LogP contribution in [-0.4, -0.2) is 4.37 Å². The van der Waals surface area contributed by atoms with Crippen molar-refractivity contribution >= 4 is 43.2 Å². The first kappa shape index (κ1) is 16.5. The lowest BCUT2D eigenvalue weighted by Crippen LogP contribution is -2.11. The van der Waals surface area contributed by atoms with Gasteiger partial charge in [-0.2, -0.15) is 4.37 Å². The zero-order chi connectivity index (χ0) is 18.6. The maximum atomic E-state index is 4.85. The van der Waals surface area contributed by atoms with Crippen molar-refractivity contribution in [3.63, 3.8) is 0 Å². The minimum Gasteiger partial charge on any atom is -0.196 e. The highest BCUT2D eigenvalue weighted by Gasteiger charge is 2.21. The predicted octanol–water partition coefficient (Wildman–Crippen LogP) is 7.57. The monoisotopic (exact) mass is 367 g/mol. The van der Waals surface area contributed by atoms with Crippen LogP contribution in [-0.2, 0) is 5.41 Å². The van der Waals surface area contributed by atoms with Gasteiger partial charge < -0.3 is 0 Å². The largest absolute Gasteiger partial charge is 0.196 e. The maximum absolute atomic E-state index is 4.85. The molecule has 0 amide bonds. The molecule has 4 aromatic carbocycles. The third-order valence-corrected chi connectivity index (χ3v) is 6.14. The first-order chi connectivity index (χ1) is 13.0. The molecule has 27 heavy (non-hydrogen) atoms. The maximum Gasteiger partial charge on any atom is 0.0674 e. The number of rotatable bonds is 1. The van der Waals surface area contributed by atoms with E-state index in [4.69, 9.17) is 4.37 Å². The fourth-order valence-corrected chi connectivity index (χ4v) is 5.02. The molecule has 132 valence electrons. The normalized spacial score (nSPS) is 12.3. The van der Waals surface area contributed by atoms with Gasteiger partial charge in [-0.1, -0.05) is 87.5 Å². The second-order valence-corrected chi connectivity index (χ2v) is 8.96. The third kappa shape index (κ3) is 2.64. The first-order valence-electron chi connectivity index (χ1n) is 9.33. The van der Waals surface area contributed by atoms with Crippen molar-refractivity contribution in [3.05, 3.63) is 78.5 Å². The Balaban J connectivity index is 1.88. The molecular formula is C25H21NS. The molecule has 1 nitrogen and oxygen atoms in total. The van der Waals surface area contributed by atoms with Crippen LogP contribution < -0.4 is 0 Å². The van der Waals surface area contributed by atoms with Crippen molar-refractivity contribution in [2.75, 3.05) is 0 Å². The summed E-state index contributed by atoms with van der Waals surface area (Å²) < 4.78 is 6.15. The predicted molar refractivity (Wildman–Crippen MR) is 119 cm³/mol. The van der Waals surface area contributed by atoms with Crippen molar-refractivity contribution in [3.8, 4) is 11.1 Å². The molecule has 5 aromatic rings. The lowest BCUT2D eigenvalue weighted by Gasteiger charge is -2.16. The van der Waals surface area contributed by atoms with Crippen LogP contribution in [0, 0.1) is 0 Å². The summed E-state index contributed by atoms with van der Waals surface area (Å²) in [6, 6.07) is 26.3. The van der Waals surface area contributed by atoms with Crippen LogP contribution in [0.25, 0.3) is 42.8 Å². The van der Waals surface area contributed by atoms with E-state index in [1.807, 2.05) is 0 Å². The molecule has 1 heterocycles. The van der Waals surface area contributed by atoms with E-state index in [1.165, 1.54) is 48.5 Å². The topological polar surface area (TPSA) is 12.9 Å². The number of hydrogen-bond donors (Lipinski definition) is 0. The summed E-state index contributed by atoms with van der Waals surface area (Å²) in [4.78, 5) is 0. The average molecular weight is 368 g/mol. The fourth-order valence-electron chi connectivity index (χ4n) is 3.89. The molecular weight excluding hydrogens is 346 g/mol. The Morgan fingerprint density at radius 2 is 1.41 bits per heavy atom. The molecule has 0 unspecified atom stereocenters. The molecule has 0 fully saturated rings. The summed E-state index contributed by atoms with van der Waals surface area (Å²) in [7, 11) is 0. The van der Waals surface area contributed by atoms with E-state index in [1.54, 1.807) is 11.5 Å². The quantitative estimate of drug-likeness (QED) is 0.278. The number of fused-ring (bicyclic) bond motifs is 5. The molecule has 0 saturated heterocycles. The molecule has 1 aromatic heterocycles. The SMILES string of the molecule is CC(C)(C)c1nsc2c1ccc1ccc3ccc(-c4ccccc4)cc3c12. The average Bonchev–Trinajstić information content (AvgIpc) is 3.12. The summed E-state index contributed by atoms with van der Waals surface area (Å²) >= 11 is 1.64. The Morgan fingerprint density at radius 1 is 0.704 bits per heavy atom. The molecule has 0 radical (unpaired) electrons. The molecule has 0 aliphatic carbocycles. The number of aromatic nitrogens is 1. The van der Waals surface area contributed by atoms with E-state index in [0.29, 0.717) is 0 Å². The van der Waals surface area contributed by atoms with Crippen LogP contribution in [0.15, 0.2) is 72.8 Å². The van der Waals surface area contributed by atoms with E-state index < -0.39 is 0 Å². The van der Waals surface area contributed by atoms with Gasteiger partial charge in [0.2, 0.25) is 0 Å². The Kier molecular flexibility index (Phi) is 3.60. The zero-order valence-corrected chi connectivity index (χ0v) is 16.6. The van der Waals surface area contributed by atoms with Gasteiger partial charge in [0.1, 0.15) is 0 Å². The van der Waals surface area contributed by atoms with Crippen LogP contribution in [0.2, 0.25) is 0 Å². The summed E-state index contributed by atoms with van der Waals surface area (Å²) in [6.45, 7) is 6.72.